The summed E-state index contributed by atoms with van der Waals surface area (Å²) in [5.74, 6) is 0.528. The van der Waals surface area contributed by atoms with E-state index in [0.717, 1.165) is 25.0 Å². The quantitative estimate of drug-likeness (QED) is 0.607. The third-order valence-corrected chi connectivity index (χ3v) is 8.30. The zero-order chi connectivity index (χ0) is 21.7. The summed E-state index contributed by atoms with van der Waals surface area (Å²) in [6, 6.07) is 3.28. The number of pyridine rings is 1. The Balaban J connectivity index is 1.17. The second-order valence-electron chi connectivity index (χ2n) is 8.83. The average molecular weight is 444 g/mol. The number of carbonyl (C=O) groups excluding carboxylic acids is 1. The molecule has 0 atom stereocenters. The minimum atomic E-state index is -3.33. The van der Waals surface area contributed by atoms with E-state index in [-0.39, 0.29) is 28.5 Å². The van der Waals surface area contributed by atoms with Crippen LogP contribution in [0.5, 0.6) is 5.88 Å². The fourth-order valence-corrected chi connectivity index (χ4v) is 6.12. The Morgan fingerprint density at radius 2 is 2.03 bits per heavy atom. The van der Waals surface area contributed by atoms with Crippen molar-refractivity contribution in [3.8, 4) is 5.88 Å². The summed E-state index contributed by atoms with van der Waals surface area (Å²) >= 11 is 0. The molecule has 0 saturated heterocycles. The fraction of sp³-hybridized carbons (Fsp3) is 0.524. The third-order valence-electron chi connectivity index (χ3n) is 6.43. The van der Waals surface area contributed by atoms with Crippen LogP contribution in [0.25, 0.3) is 0 Å². The lowest BCUT2D eigenvalue weighted by Crippen LogP contribution is -2.70. The van der Waals surface area contributed by atoms with Gasteiger partial charge < -0.3 is 10.1 Å². The summed E-state index contributed by atoms with van der Waals surface area (Å²) in [6.45, 7) is 2.70. The predicted octanol–water partition coefficient (Wildman–Crippen LogP) is 1.91. The fourth-order valence-electron chi connectivity index (χ4n) is 4.74. The van der Waals surface area contributed by atoms with E-state index in [1.165, 1.54) is 0 Å². The van der Waals surface area contributed by atoms with Crippen LogP contribution in [0.4, 0.5) is 5.69 Å². The monoisotopic (exact) mass is 443 g/mol. The molecule has 0 aliphatic heterocycles. The Bertz CT molecular complexity index is 1110. The molecule has 9 nitrogen and oxygen atoms in total. The number of hydrogen-bond donors (Lipinski definition) is 2. The van der Waals surface area contributed by atoms with E-state index in [1.807, 2.05) is 6.92 Å². The van der Waals surface area contributed by atoms with Gasteiger partial charge in [-0.25, -0.2) is 13.4 Å². The smallest absolute Gasteiger partial charge is 0.235 e. The van der Waals surface area contributed by atoms with Crippen molar-refractivity contribution in [2.75, 3.05) is 11.3 Å². The van der Waals surface area contributed by atoms with Crippen molar-refractivity contribution >= 4 is 21.6 Å². The van der Waals surface area contributed by atoms with Gasteiger partial charge in [0.25, 0.3) is 0 Å². The Kier molecular flexibility index (Phi) is 4.65. The first-order valence-electron chi connectivity index (χ1n) is 10.5. The molecular formula is C21H25N5O4S. The molecule has 4 aliphatic rings. The van der Waals surface area contributed by atoms with E-state index in [9.17, 15) is 13.2 Å². The average Bonchev–Trinajstić information content (AvgIpc) is 3.51. The largest absolute Gasteiger partial charge is 0.477 e. The maximum Gasteiger partial charge on any atom is 0.235 e. The molecule has 31 heavy (non-hydrogen) atoms. The summed E-state index contributed by atoms with van der Waals surface area (Å²) in [5.41, 5.74) is 1.56. The van der Waals surface area contributed by atoms with Crippen LogP contribution >= 0.6 is 0 Å². The van der Waals surface area contributed by atoms with Crippen LogP contribution in [0.3, 0.4) is 0 Å². The molecule has 0 unspecified atom stereocenters. The lowest BCUT2D eigenvalue weighted by molar-refractivity contribution is -0.177. The van der Waals surface area contributed by atoms with Gasteiger partial charge in [0.1, 0.15) is 0 Å². The number of rotatable bonds is 9. The van der Waals surface area contributed by atoms with Crippen molar-refractivity contribution < 1.29 is 17.9 Å². The van der Waals surface area contributed by atoms with Crippen LogP contribution in [0.2, 0.25) is 0 Å². The molecule has 2 N–H and O–H groups in total. The Hall–Kier alpha value is -2.75. The van der Waals surface area contributed by atoms with Gasteiger partial charge in [-0.1, -0.05) is 0 Å². The molecule has 2 bridgehead atoms. The Morgan fingerprint density at radius 1 is 1.26 bits per heavy atom. The van der Waals surface area contributed by atoms with Crippen LogP contribution in [-0.4, -0.2) is 41.1 Å². The van der Waals surface area contributed by atoms with E-state index in [0.29, 0.717) is 36.7 Å². The van der Waals surface area contributed by atoms with Crippen LogP contribution in [0, 0.1) is 5.41 Å². The number of aromatic nitrogens is 3. The highest BCUT2D eigenvalue weighted by atomic mass is 32.2. The topological polar surface area (TPSA) is 123 Å². The van der Waals surface area contributed by atoms with E-state index in [1.54, 1.807) is 30.7 Å². The van der Waals surface area contributed by atoms with Crippen molar-refractivity contribution in [3.05, 3.63) is 42.1 Å². The maximum atomic E-state index is 12.8. The Labute approximate surface area is 181 Å². The second-order valence-corrected chi connectivity index (χ2v) is 10.8. The van der Waals surface area contributed by atoms with Gasteiger partial charge in [-0.2, -0.15) is 0 Å². The van der Waals surface area contributed by atoms with E-state index < -0.39 is 10.0 Å². The standard InChI is InChI=1S/C21H25N5O4S/c1-2-30-18-10-22-9-17(25-18)20-11-21(12-20,13-20)19(27)24-8-15-7-14(5-6-23-15)26-31(28,29)16-3-4-16/h5-7,9-10,16H,2-4,8,11-13H2,1H3,(H,23,26)(H,24,27)/t20-,21+. The first kappa shape index (κ1) is 20.2. The number of nitrogens with zero attached hydrogens (tertiary/aromatic N) is 3. The van der Waals surface area contributed by atoms with E-state index >= 15 is 0 Å². The number of anilines is 1. The SMILES string of the molecule is CCOc1cncc([C@]23C[C@](C(=O)NCc4cc(NS(=O)(=O)C5CC5)ccn4)(C2)C3)n1. The predicted molar refractivity (Wildman–Crippen MR) is 113 cm³/mol. The highest BCUT2D eigenvalue weighted by molar-refractivity contribution is 7.93. The molecule has 6 rings (SSSR count). The summed E-state index contributed by atoms with van der Waals surface area (Å²) in [7, 11) is -3.33. The second kappa shape index (κ2) is 7.15. The number of ether oxygens (including phenoxy) is 1. The van der Waals surface area contributed by atoms with Gasteiger partial charge in [-0.05, 0) is 51.2 Å². The number of hydrogen-bond acceptors (Lipinski definition) is 7. The molecule has 0 radical (unpaired) electrons. The normalized spacial score (nSPS) is 26.4. The summed E-state index contributed by atoms with van der Waals surface area (Å²) < 4.78 is 32.3. The minimum absolute atomic E-state index is 0.00839. The number of nitrogens with one attached hydrogen (secondary N) is 2. The molecule has 1 amide bonds. The van der Waals surface area contributed by atoms with Crippen LogP contribution < -0.4 is 14.8 Å². The zero-order valence-corrected chi connectivity index (χ0v) is 18.1. The molecule has 2 heterocycles. The van der Waals surface area contributed by atoms with Gasteiger partial charge in [-0.15, -0.1) is 0 Å². The summed E-state index contributed by atoms with van der Waals surface area (Å²) in [4.78, 5) is 25.8. The van der Waals surface area contributed by atoms with Crippen LogP contribution in [0.1, 0.15) is 50.4 Å². The summed E-state index contributed by atoms with van der Waals surface area (Å²) in [5, 5.41) is 2.67. The van der Waals surface area contributed by atoms with E-state index in [2.05, 4.69) is 25.0 Å². The van der Waals surface area contributed by atoms with Gasteiger partial charge >= 0.3 is 0 Å². The number of sulfonamides is 1. The number of carbonyl (C=O) groups is 1. The molecule has 4 aliphatic carbocycles. The third kappa shape index (κ3) is 3.62. The van der Waals surface area contributed by atoms with Crippen molar-refractivity contribution in [2.45, 2.75) is 56.2 Å². The van der Waals surface area contributed by atoms with Crippen molar-refractivity contribution in [2.24, 2.45) is 5.41 Å². The highest BCUT2D eigenvalue weighted by Gasteiger charge is 2.72. The maximum absolute atomic E-state index is 12.8. The molecule has 2 aromatic rings. The van der Waals surface area contributed by atoms with E-state index in [4.69, 9.17) is 4.74 Å². The molecule has 0 aromatic carbocycles. The van der Waals surface area contributed by atoms with Crippen LogP contribution in [-0.2, 0) is 26.8 Å². The molecular weight excluding hydrogens is 418 g/mol. The molecule has 4 fully saturated rings. The molecule has 10 heteroatoms. The van der Waals surface area contributed by atoms with Gasteiger partial charge in [0, 0.05) is 17.8 Å². The molecule has 2 aromatic heterocycles. The molecule has 164 valence electrons. The van der Waals surface area contributed by atoms with Crippen LogP contribution in [0.15, 0.2) is 30.7 Å². The van der Waals surface area contributed by atoms with Gasteiger partial charge in [0.15, 0.2) is 0 Å². The Morgan fingerprint density at radius 3 is 2.74 bits per heavy atom. The number of amides is 1. The van der Waals surface area contributed by atoms with Crippen molar-refractivity contribution in [1.29, 1.82) is 0 Å². The summed E-state index contributed by atoms with van der Waals surface area (Å²) in [6.07, 6.45) is 8.59. The molecule has 4 saturated carbocycles. The first-order chi connectivity index (χ1) is 14.8. The first-order valence-corrected chi connectivity index (χ1v) is 12.1. The molecule has 0 spiro atoms. The van der Waals surface area contributed by atoms with Crippen molar-refractivity contribution in [1.82, 2.24) is 20.3 Å². The van der Waals surface area contributed by atoms with Crippen molar-refractivity contribution in [3.63, 3.8) is 0 Å². The zero-order valence-electron chi connectivity index (χ0n) is 17.3. The minimum Gasteiger partial charge on any atom is -0.477 e. The van der Waals surface area contributed by atoms with Gasteiger partial charge in [0.2, 0.25) is 21.8 Å². The lowest BCUT2D eigenvalue weighted by Gasteiger charge is -2.68. The van der Waals surface area contributed by atoms with Gasteiger partial charge in [0.05, 0.1) is 47.1 Å². The lowest BCUT2D eigenvalue weighted by atomic mass is 9.34. The highest BCUT2D eigenvalue weighted by Crippen LogP contribution is 2.73. The van der Waals surface area contributed by atoms with Gasteiger partial charge in [-0.3, -0.25) is 19.5 Å².